The van der Waals surface area contributed by atoms with E-state index >= 15 is 0 Å². The van der Waals surface area contributed by atoms with Gasteiger partial charge in [0.25, 0.3) is 8.32 Å². The molecule has 0 aliphatic rings. The molecule has 220 valence electrons. The maximum Gasteiger partial charge on any atom is 0.410 e. The van der Waals surface area contributed by atoms with Crippen LogP contribution in [0.3, 0.4) is 0 Å². The zero-order valence-electron chi connectivity index (χ0n) is 25.7. The van der Waals surface area contributed by atoms with E-state index < -0.39 is 8.32 Å². The smallest absolute Gasteiger partial charge is 0.410 e. The number of hydrogen-bond donors (Lipinski definition) is 0. The molecule has 4 nitrogen and oxygen atoms in total. The Morgan fingerprint density at radius 3 is 1.90 bits per heavy atom. The van der Waals surface area contributed by atoms with Crippen molar-refractivity contribution in [2.75, 3.05) is 13.2 Å². The molecule has 1 amide bonds. The van der Waals surface area contributed by atoms with Crippen molar-refractivity contribution < 1.29 is 14.0 Å². The third-order valence-corrected chi connectivity index (χ3v) is 12.7. The number of benzene rings is 3. The first-order valence-corrected chi connectivity index (χ1v) is 16.9. The molecule has 0 saturated carbocycles. The van der Waals surface area contributed by atoms with Gasteiger partial charge in [0.15, 0.2) is 0 Å². The molecule has 5 heteroatoms. The molecule has 1 atom stereocenters. The van der Waals surface area contributed by atoms with Gasteiger partial charge >= 0.3 is 6.09 Å². The summed E-state index contributed by atoms with van der Waals surface area (Å²) in [4.78, 5) is 15.6. The maximum atomic E-state index is 13.7. The molecule has 0 fully saturated rings. The van der Waals surface area contributed by atoms with Crippen LogP contribution in [0.25, 0.3) is 0 Å². The molecule has 41 heavy (non-hydrogen) atoms. The summed E-state index contributed by atoms with van der Waals surface area (Å²) in [6.07, 6.45) is 5.23. The van der Waals surface area contributed by atoms with Crippen molar-refractivity contribution in [3.05, 3.63) is 109 Å². The van der Waals surface area contributed by atoms with E-state index in [1.165, 1.54) is 10.4 Å². The number of allylic oxidation sites excluding steroid dienone is 1. The predicted octanol–water partition coefficient (Wildman–Crippen LogP) is 7.97. The Hall–Kier alpha value is -3.15. The molecule has 0 aromatic heterocycles. The molecule has 0 radical (unpaired) electrons. The minimum atomic E-state index is -2.76. The zero-order chi connectivity index (χ0) is 29.7. The average molecular weight is 572 g/mol. The van der Waals surface area contributed by atoms with Gasteiger partial charge < -0.3 is 14.1 Å². The van der Waals surface area contributed by atoms with E-state index in [0.29, 0.717) is 19.1 Å². The van der Waals surface area contributed by atoms with Crippen molar-refractivity contribution in [2.24, 2.45) is 5.92 Å². The molecule has 0 aliphatic heterocycles. The van der Waals surface area contributed by atoms with E-state index in [-0.39, 0.29) is 23.8 Å². The molecule has 0 unspecified atom stereocenters. The van der Waals surface area contributed by atoms with Crippen LogP contribution < -0.4 is 10.4 Å². The summed E-state index contributed by atoms with van der Waals surface area (Å²) in [5, 5.41) is 2.34. The van der Waals surface area contributed by atoms with Crippen LogP contribution in [0.1, 0.15) is 65.9 Å². The zero-order valence-corrected chi connectivity index (χ0v) is 26.7. The standard InChI is InChI=1S/C36H49NO3Si/c1-7-8-12-21-32(37(27-26-30(2)3)35(38)39-28-31-19-13-9-14-20-31)29-40-41(36(4,5)6,33-22-15-10-16-23-33)34-24-17-11-18-25-34/h7,9-11,13-20,22-25,30,32H,1,8,12,21,26-29H2,2-6H3/t32-/m0/s1. The summed E-state index contributed by atoms with van der Waals surface area (Å²) in [5.74, 6) is 0.464. The number of rotatable bonds is 15. The number of unbranched alkanes of at least 4 members (excludes halogenated alkanes) is 1. The predicted molar refractivity (Wildman–Crippen MR) is 174 cm³/mol. The molecule has 0 aliphatic carbocycles. The van der Waals surface area contributed by atoms with Crippen LogP contribution >= 0.6 is 0 Å². The Bertz CT molecular complexity index is 1140. The third kappa shape index (κ3) is 8.91. The highest BCUT2D eigenvalue weighted by atomic mass is 28.4. The monoisotopic (exact) mass is 571 g/mol. The van der Waals surface area contributed by atoms with E-state index in [1.54, 1.807) is 0 Å². The fraction of sp³-hybridized carbons (Fsp3) is 0.417. The van der Waals surface area contributed by atoms with Crippen molar-refractivity contribution in [2.45, 2.75) is 78.0 Å². The Balaban J connectivity index is 1.98. The highest BCUT2D eigenvalue weighted by molar-refractivity contribution is 6.99. The lowest BCUT2D eigenvalue weighted by Gasteiger charge is -2.44. The molecular weight excluding hydrogens is 522 g/mol. The highest BCUT2D eigenvalue weighted by Gasteiger charge is 2.50. The fourth-order valence-electron chi connectivity index (χ4n) is 5.43. The molecule has 0 spiro atoms. The highest BCUT2D eigenvalue weighted by Crippen LogP contribution is 2.37. The minimum Gasteiger partial charge on any atom is -0.445 e. The lowest BCUT2D eigenvalue weighted by molar-refractivity contribution is 0.0615. The molecular formula is C36H49NO3Si. The number of ether oxygens (including phenoxy) is 1. The summed E-state index contributed by atoms with van der Waals surface area (Å²) < 4.78 is 13.2. The topological polar surface area (TPSA) is 38.8 Å². The largest absolute Gasteiger partial charge is 0.445 e. The van der Waals surface area contributed by atoms with Gasteiger partial charge in [0.1, 0.15) is 6.61 Å². The van der Waals surface area contributed by atoms with Crippen LogP contribution in [0.5, 0.6) is 0 Å². The molecule has 0 bridgehead atoms. The fourth-order valence-corrected chi connectivity index (χ4v) is 10.0. The molecule has 0 saturated heterocycles. The Kier molecular flexibility index (Phi) is 12.4. The van der Waals surface area contributed by atoms with Crippen LogP contribution in [-0.4, -0.2) is 38.5 Å². The second kappa shape index (κ2) is 15.7. The number of carbonyl (C=O) groups is 1. The molecule has 0 N–H and O–H groups in total. The summed E-state index contributed by atoms with van der Waals surface area (Å²) in [5.41, 5.74) is 0.983. The Labute approximate surface area is 249 Å². The van der Waals surface area contributed by atoms with E-state index in [0.717, 1.165) is 31.2 Å². The van der Waals surface area contributed by atoms with Crippen molar-refractivity contribution in [1.82, 2.24) is 4.90 Å². The van der Waals surface area contributed by atoms with Gasteiger partial charge in [-0.25, -0.2) is 4.79 Å². The van der Waals surface area contributed by atoms with Crippen molar-refractivity contribution >= 4 is 24.8 Å². The number of nitrogens with zero attached hydrogens (tertiary/aromatic N) is 1. The van der Waals surface area contributed by atoms with Gasteiger partial charge in [-0.1, -0.05) is 132 Å². The Morgan fingerprint density at radius 2 is 1.41 bits per heavy atom. The summed E-state index contributed by atoms with van der Waals surface area (Å²) >= 11 is 0. The number of hydrogen-bond acceptors (Lipinski definition) is 3. The summed E-state index contributed by atoms with van der Waals surface area (Å²) in [6.45, 7) is 16.5. The summed E-state index contributed by atoms with van der Waals surface area (Å²) in [7, 11) is -2.76. The van der Waals surface area contributed by atoms with E-state index in [4.69, 9.17) is 9.16 Å². The average Bonchev–Trinajstić information content (AvgIpc) is 2.97. The van der Waals surface area contributed by atoms with Gasteiger partial charge in [0, 0.05) is 6.54 Å². The molecule has 3 aromatic rings. The SMILES string of the molecule is C=CCCC[C@@H](CO[Si](c1ccccc1)(c1ccccc1)C(C)(C)C)N(CCC(C)C)C(=O)OCc1ccccc1. The number of carbonyl (C=O) groups excluding carboxylic acids is 1. The van der Waals surface area contributed by atoms with Gasteiger partial charge in [-0.2, -0.15) is 0 Å². The molecule has 3 rings (SSSR count). The molecule has 3 aromatic carbocycles. The van der Waals surface area contributed by atoms with E-state index in [9.17, 15) is 4.79 Å². The number of amides is 1. The van der Waals surface area contributed by atoms with Gasteiger partial charge in [-0.3, -0.25) is 0 Å². The molecule has 0 heterocycles. The van der Waals surface area contributed by atoms with Gasteiger partial charge in [0.2, 0.25) is 0 Å². The Morgan fingerprint density at radius 1 is 0.878 bits per heavy atom. The lowest BCUT2D eigenvalue weighted by Crippen LogP contribution is -2.67. The first-order valence-electron chi connectivity index (χ1n) is 15.0. The quantitative estimate of drug-likeness (QED) is 0.105. The maximum absolute atomic E-state index is 13.7. The second-order valence-electron chi connectivity index (χ2n) is 12.3. The van der Waals surface area contributed by atoms with Gasteiger partial charge in [-0.05, 0) is 52.6 Å². The first kappa shape index (κ1) is 32.4. The second-order valence-corrected chi connectivity index (χ2v) is 16.6. The van der Waals surface area contributed by atoms with Gasteiger partial charge in [-0.15, -0.1) is 6.58 Å². The van der Waals surface area contributed by atoms with E-state index in [2.05, 4.69) is 102 Å². The van der Waals surface area contributed by atoms with Crippen LogP contribution in [0.4, 0.5) is 4.79 Å². The minimum absolute atomic E-state index is 0.112. The van der Waals surface area contributed by atoms with Crippen LogP contribution in [-0.2, 0) is 15.8 Å². The van der Waals surface area contributed by atoms with Crippen molar-refractivity contribution in [3.63, 3.8) is 0 Å². The van der Waals surface area contributed by atoms with E-state index in [1.807, 2.05) is 41.3 Å². The summed E-state index contributed by atoms with van der Waals surface area (Å²) in [6, 6.07) is 31.1. The first-order chi connectivity index (χ1) is 19.7. The van der Waals surface area contributed by atoms with Crippen molar-refractivity contribution in [3.8, 4) is 0 Å². The third-order valence-electron chi connectivity index (χ3n) is 7.68. The van der Waals surface area contributed by atoms with Crippen LogP contribution in [0, 0.1) is 5.92 Å². The van der Waals surface area contributed by atoms with Crippen LogP contribution in [0.15, 0.2) is 104 Å². The normalized spacial score (nSPS) is 12.6. The van der Waals surface area contributed by atoms with Gasteiger partial charge in [0.05, 0.1) is 12.6 Å². The van der Waals surface area contributed by atoms with Crippen molar-refractivity contribution in [1.29, 1.82) is 0 Å². The lowest BCUT2D eigenvalue weighted by atomic mass is 10.1. The van der Waals surface area contributed by atoms with Crippen LogP contribution in [0.2, 0.25) is 5.04 Å².